The van der Waals surface area contributed by atoms with Gasteiger partial charge in [-0.25, -0.2) is 4.98 Å². The van der Waals surface area contributed by atoms with E-state index >= 15 is 0 Å². The molecule has 0 aromatic carbocycles. The monoisotopic (exact) mass is 364 g/mol. The van der Waals surface area contributed by atoms with Crippen molar-refractivity contribution in [2.75, 3.05) is 25.5 Å². The molecule has 3 rings (SSSR count). The summed E-state index contributed by atoms with van der Waals surface area (Å²) in [6.45, 7) is 1.56. The van der Waals surface area contributed by atoms with Crippen LogP contribution in [0.3, 0.4) is 0 Å². The quantitative estimate of drug-likeness (QED) is 0.853. The van der Waals surface area contributed by atoms with Crippen molar-refractivity contribution in [2.24, 2.45) is 0 Å². The maximum atomic E-state index is 12.4. The molecule has 1 atom stereocenters. The fourth-order valence-electron chi connectivity index (χ4n) is 2.72. The highest BCUT2D eigenvalue weighted by Crippen LogP contribution is 2.19. The van der Waals surface area contributed by atoms with E-state index < -0.39 is 0 Å². The number of amides is 2. The normalized spacial score (nSPS) is 17.7. The number of hydrogen-bond acceptors (Lipinski definition) is 6. The minimum atomic E-state index is -0.162. The predicted molar refractivity (Wildman–Crippen MR) is 96.8 cm³/mol. The highest BCUT2D eigenvalue weighted by molar-refractivity contribution is 7.14. The number of piperidine rings is 1. The van der Waals surface area contributed by atoms with E-state index in [2.05, 4.69) is 15.6 Å². The molecule has 0 spiro atoms. The summed E-state index contributed by atoms with van der Waals surface area (Å²) < 4.78 is 0. The Kier molecular flexibility index (Phi) is 5.60. The van der Waals surface area contributed by atoms with Crippen LogP contribution < -0.4 is 10.6 Å². The third-order valence-electron chi connectivity index (χ3n) is 4.03. The van der Waals surface area contributed by atoms with Gasteiger partial charge in [0.25, 0.3) is 5.91 Å². The van der Waals surface area contributed by atoms with Crippen LogP contribution in [-0.2, 0) is 11.2 Å². The predicted octanol–water partition coefficient (Wildman–Crippen LogP) is 2.21. The van der Waals surface area contributed by atoms with E-state index in [0.29, 0.717) is 21.7 Å². The molecule has 0 aliphatic carbocycles. The second-order valence-corrected chi connectivity index (χ2v) is 7.53. The van der Waals surface area contributed by atoms with E-state index in [-0.39, 0.29) is 18.2 Å². The number of rotatable bonds is 5. The lowest BCUT2D eigenvalue weighted by Gasteiger charge is -2.32. The fraction of sp³-hybridized carbons (Fsp3) is 0.438. The molecule has 8 heteroatoms. The molecule has 1 aliphatic heterocycles. The standard InChI is InChI=1S/C16H20N4O2S2/c1-17-11-4-2-6-20(9-11)14(21)8-12-10-24-16(18-12)19-15(22)13-5-3-7-23-13/h3,5,7,10-11,17H,2,4,6,8-9H2,1H3,(H,18,19,22). The molecule has 1 saturated heterocycles. The van der Waals surface area contributed by atoms with Crippen LogP contribution >= 0.6 is 22.7 Å². The van der Waals surface area contributed by atoms with E-state index in [4.69, 9.17) is 0 Å². The summed E-state index contributed by atoms with van der Waals surface area (Å²) in [7, 11) is 1.93. The summed E-state index contributed by atoms with van der Waals surface area (Å²) in [5.41, 5.74) is 0.707. The van der Waals surface area contributed by atoms with Crippen LogP contribution in [0.4, 0.5) is 5.13 Å². The fourth-order valence-corrected chi connectivity index (χ4v) is 4.04. The maximum Gasteiger partial charge on any atom is 0.267 e. The van der Waals surface area contributed by atoms with Gasteiger partial charge in [0.15, 0.2) is 5.13 Å². The Morgan fingerprint density at radius 3 is 3.04 bits per heavy atom. The van der Waals surface area contributed by atoms with Crippen molar-refractivity contribution < 1.29 is 9.59 Å². The summed E-state index contributed by atoms with van der Waals surface area (Å²) in [4.78, 5) is 31.3. The molecule has 2 aromatic rings. The van der Waals surface area contributed by atoms with Gasteiger partial charge in [-0.1, -0.05) is 6.07 Å². The third kappa shape index (κ3) is 4.19. The first kappa shape index (κ1) is 17.1. The molecule has 2 aromatic heterocycles. The van der Waals surface area contributed by atoms with Gasteiger partial charge in [-0.15, -0.1) is 22.7 Å². The van der Waals surface area contributed by atoms with Crippen LogP contribution in [0.5, 0.6) is 0 Å². The van der Waals surface area contributed by atoms with Gasteiger partial charge in [0.2, 0.25) is 5.91 Å². The molecule has 0 saturated carbocycles. The summed E-state index contributed by atoms with van der Waals surface area (Å²) in [5, 5.41) is 10.2. The number of aromatic nitrogens is 1. The smallest absolute Gasteiger partial charge is 0.267 e. The molecule has 1 fully saturated rings. The number of likely N-dealkylation sites (tertiary alicyclic amines) is 1. The molecule has 1 unspecified atom stereocenters. The van der Waals surface area contributed by atoms with Crippen molar-refractivity contribution in [2.45, 2.75) is 25.3 Å². The minimum absolute atomic E-state index is 0.0939. The zero-order valence-corrected chi connectivity index (χ0v) is 15.1. The number of carbonyl (C=O) groups is 2. The van der Waals surface area contributed by atoms with Gasteiger partial charge in [0.1, 0.15) is 0 Å². The topological polar surface area (TPSA) is 74.3 Å². The number of anilines is 1. The van der Waals surface area contributed by atoms with Crippen molar-refractivity contribution in [1.29, 1.82) is 0 Å². The summed E-state index contributed by atoms with van der Waals surface area (Å²) in [5.74, 6) is -0.0681. The van der Waals surface area contributed by atoms with E-state index in [1.807, 2.05) is 28.8 Å². The number of carbonyl (C=O) groups excluding carboxylic acids is 2. The second-order valence-electron chi connectivity index (χ2n) is 5.72. The molecule has 3 heterocycles. The van der Waals surface area contributed by atoms with E-state index in [9.17, 15) is 9.59 Å². The second kappa shape index (κ2) is 7.87. The molecule has 0 radical (unpaired) electrons. The van der Waals surface area contributed by atoms with Gasteiger partial charge < -0.3 is 10.2 Å². The van der Waals surface area contributed by atoms with Crippen LogP contribution in [0, 0.1) is 0 Å². The Bertz CT molecular complexity index is 699. The van der Waals surface area contributed by atoms with Crippen LogP contribution in [-0.4, -0.2) is 47.9 Å². The number of hydrogen-bond donors (Lipinski definition) is 2. The zero-order valence-electron chi connectivity index (χ0n) is 13.4. The summed E-state index contributed by atoms with van der Waals surface area (Å²) in [6, 6.07) is 3.98. The van der Waals surface area contributed by atoms with Gasteiger partial charge in [0.05, 0.1) is 17.0 Å². The highest BCUT2D eigenvalue weighted by Gasteiger charge is 2.23. The number of likely N-dealkylation sites (N-methyl/N-ethyl adjacent to an activating group) is 1. The van der Waals surface area contributed by atoms with E-state index in [1.54, 1.807) is 6.07 Å². The molecule has 128 valence electrons. The minimum Gasteiger partial charge on any atom is -0.341 e. The average Bonchev–Trinajstić information content (AvgIpc) is 3.27. The Morgan fingerprint density at radius 1 is 1.42 bits per heavy atom. The average molecular weight is 364 g/mol. The van der Waals surface area contributed by atoms with Crippen LogP contribution in [0.25, 0.3) is 0 Å². The van der Waals surface area contributed by atoms with Gasteiger partial charge in [-0.3, -0.25) is 14.9 Å². The SMILES string of the molecule is CNC1CCCN(C(=O)Cc2csc(NC(=O)c3cccs3)n2)C1. The Balaban J connectivity index is 1.55. The maximum absolute atomic E-state index is 12.4. The van der Waals surface area contributed by atoms with E-state index in [1.165, 1.54) is 22.7 Å². The van der Waals surface area contributed by atoms with Crippen molar-refractivity contribution in [3.8, 4) is 0 Å². The molecule has 1 aliphatic rings. The highest BCUT2D eigenvalue weighted by atomic mass is 32.1. The zero-order chi connectivity index (χ0) is 16.9. The number of nitrogens with zero attached hydrogens (tertiary/aromatic N) is 2. The molecule has 0 bridgehead atoms. The summed E-state index contributed by atoms with van der Waals surface area (Å²) in [6.07, 6.45) is 2.41. The first-order valence-corrected chi connectivity index (χ1v) is 9.66. The lowest BCUT2D eigenvalue weighted by molar-refractivity contribution is -0.131. The van der Waals surface area contributed by atoms with Crippen molar-refractivity contribution in [3.05, 3.63) is 33.5 Å². The van der Waals surface area contributed by atoms with Gasteiger partial charge in [-0.05, 0) is 31.3 Å². The number of nitrogens with one attached hydrogen (secondary N) is 2. The van der Waals surface area contributed by atoms with Crippen LogP contribution in [0.2, 0.25) is 0 Å². The molecular formula is C16H20N4O2S2. The lowest BCUT2D eigenvalue weighted by atomic mass is 10.1. The number of thiophene rings is 1. The Hall–Kier alpha value is -1.77. The molecular weight excluding hydrogens is 344 g/mol. The largest absolute Gasteiger partial charge is 0.341 e. The molecule has 2 amide bonds. The van der Waals surface area contributed by atoms with Crippen LogP contribution in [0.1, 0.15) is 28.2 Å². The van der Waals surface area contributed by atoms with E-state index in [0.717, 1.165) is 25.9 Å². The lowest BCUT2D eigenvalue weighted by Crippen LogP contribution is -2.47. The first-order chi connectivity index (χ1) is 11.7. The summed E-state index contributed by atoms with van der Waals surface area (Å²) >= 11 is 2.73. The first-order valence-electron chi connectivity index (χ1n) is 7.90. The van der Waals surface area contributed by atoms with Crippen molar-refractivity contribution in [3.63, 3.8) is 0 Å². The molecule has 6 nitrogen and oxygen atoms in total. The molecule has 24 heavy (non-hydrogen) atoms. The third-order valence-corrected chi connectivity index (χ3v) is 5.71. The Morgan fingerprint density at radius 2 is 2.29 bits per heavy atom. The van der Waals surface area contributed by atoms with Gasteiger partial charge in [-0.2, -0.15) is 0 Å². The number of thiazole rings is 1. The van der Waals surface area contributed by atoms with Crippen molar-refractivity contribution >= 4 is 39.6 Å². The van der Waals surface area contributed by atoms with Gasteiger partial charge in [0, 0.05) is 24.5 Å². The van der Waals surface area contributed by atoms with Gasteiger partial charge >= 0.3 is 0 Å². The van der Waals surface area contributed by atoms with Crippen LogP contribution in [0.15, 0.2) is 22.9 Å². The Labute approximate surface area is 148 Å². The molecule has 2 N–H and O–H groups in total. The van der Waals surface area contributed by atoms with Crippen molar-refractivity contribution in [1.82, 2.24) is 15.2 Å².